The van der Waals surface area contributed by atoms with Gasteiger partial charge in [0.25, 0.3) is 0 Å². The third-order valence-electron chi connectivity index (χ3n) is 3.49. The average Bonchev–Trinajstić information content (AvgIpc) is 2.53. The van der Waals surface area contributed by atoms with E-state index in [1.165, 1.54) is 0 Å². The Morgan fingerprint density at radius 3 is 2.82 bits per heavy atom. The van der Waals surface area contributed by atoms with E-state index in [4.69, 9.17) is 9.57 Å². The second-order valence-corrected chi connectivity index (χ2v) is 6.16. The first-order valence-corrected chi connectivity index (χ1v) is 6.57. The summed E-state index contributed by atoms with van der Waals surface area (Å²) in [5.41, 5.74) is 2.56. The zero-order valence-corrected chi connectivity index (χ0v) is 11.0. The third-order valence-corrected chi connectivity index (χ3v) is 3.49. The predicted molar refractivity (Wildman–Crippen MR) is 64.2 cm³/mol. The molecular weight excluding hydrogens is 218 g/mol. The molecule has 2 aliphatic rings. The van der Waals surface area contributed by atoms with Crippen molar-refractivity contribution < 1.29 is 14.4 Å². The molecule has 0 aromatic carbocycles. The molecule has 3 atom stereocenters. The molecule has 4 nitrogen and oxygen atoms in total. The smallest absolute Gasteiger partial charge is 0.309 e. The molecule has 1 aliphatic carbocycles. The normalized spacial score (nSPS) is 33.9. The van der Waals surface area contributed by atoms with E-state index in [0.29, 0.717) is 5.92 Å². The third kappa shape index (κ3) is 3.42. The van der Waals surface area contributed by atoms with Gasteiger partial charge in [0.05, 0.1) is 12.0 Å². The molecule has 1 aliphatic heterocycles. The van der Waals surface area contributed by atoms with Gasteiger partial charge in [-0.05, 0) is 40.0 Å². The molecule has 2 fully saturated rings. The van der Waals surface area contributed by atoms with Crippen molar-refractivity contribution in [3.8, 4) is 0 Å². The van der Waals surface area contributed by atoms with Crippen molar-refractivity contribution in [2.45, 2.75) is 58.2 Å². The van der Waals surface area contributed by atoms with Crippen LogP contribution >= 0.6 is 0 Å². The van der Waals surface area contributed by atoms with E-state index < -0.39 is 5.60 Å². The molecule has 17 heavy (non-hydrogen) atoms. The van der Waals surface area contributed by atoms with Gasteiger partial charge in [-0.25, -0.2) is 5.48 Å². The summed E-state index contributed by atoms with van der Waals surface area (Å²) >= 11 is 0. The molecule has 0 bridgehead atoms. The zero-order chi connectivity index (χ0) is 12.5. The highest BCUT2D eigenvalue weighted by molar-refractivity contribution is 5.73. The highest BCUT2D eigenvalue weighted by Crippen LogP contribution is 2.32. The molecule has 98 valence electrons. The summed E-state index contributed by atoms with van der Waals surface area (Å²) in [6.07, 6.45) is 4.17. The van der Waals surface area contributed by atoms with Gasteiger partial charge in [0, 0.05) is 12.5 Å². The van der Waals surface area contributed by atoms with Crippen molar-refractivity contribution >= 4 is 5.97 Å². The van der Waals surface area contributed by atoms with Crippen molar-refractivity contribution in [2.24, 2.45) is 11.8 Å². The second-order valence-electron chi connectivity index (χ2n) is 6.16. The fourth-order valence-corrected chi connectivity index (χ4v) is 2.64. The Labute approximate surface area is 103 Å². The van der Waals surface area contributed by atoms with Crippen LogP contribution in [0.25, 0.3) is 0 Å². The van der Waals surface area contributed by atoms with Gasteiger partial charge in [0.15, 0.2) is 0 Å². The summed E-state index contributed by atoms with van der Waals surface area (Å²) in [7, 11) is 0. The first kappa shape index (κ1) is 12.8. The fourth-order valence-electron chi connectivity index (χ4n) is 2.64. The van der Waals surface area contributed by atoms with Crippen molar-refractivity contribution in [1.82, 2.24) is 5.48 Å². The van der Waals surface area contributed by atoms with Crippen LogP contribution in [0.5, 0.6) is 0 Å². The van der Waals surface area contributed by atoms with Gasteiger partial charge < -0.3 is 4.74 Å². The molecule has 3 unspecified atom stereocenters. The van der Waals surface area contributed by atoms with E-state index in [1.54, 1.807) is 0 Å². The Balaban J connectivity index is 1.94. The minimum absolute atomic E-state index is 0.00382. The van der Waals surface area contributed by atoms with Crippen molar-refractivity contribution in [3.05, 3.63) is 0 Å². The van der Waals surface area contributed by atoms with E-state index in [-0.39, 0.29) is 18.0 Å². The Morgan fingerprint density at radius 1 is 1.35 bits per heavy atom. The lowest BCUT2D eigenvalue weighted by molar-refractivity contribution is -0.161. The molecule has 0 spiro atoms. The summed E-state index contributed by atoms with van der Waals surface area (Å²) in [5, 5.41) is 0. The number of esters is 1. The second kappa shape index (κ2) is 4.94. The summed E-state index contributed by atoms with van der Waals surface area (Å²) < 4.78 is 5.47. The molecule has 1 saturated carbocycles. The lowest BCUT2D eigenvalue weighted by atomic mass is 9.95. The molecule has 0 amide bonds. The van der Waals surface area contributed by atoms with E-state index in [9.17, 15) is 4.79 Å². The molecule has 0 aromatic rings. The topological polar surface area (TPSA) is 47.6 Å². The van der Waals surface area contributed by atoms with Gasteiger partial charge in [0.2, 0.25) is 0 Å². The van der Waals surface area contributed by atoms with E-state index in [0.717, 1.165) is 32.2 Å². The van der Waals surface area contributed by atoms with Crippen molar-refractivity contribution in [1.29, 1.82) is 0 Å². The molecule has 1 N–H and O–H groups in total. The highest BCUT2D eigenvalue weighted by Gasteiger charge is 2.37. The monoisotopic (exact) mass is 241 g/mol. The minimum Gasteiger partial charge on any atom is -0.460 e. The highest BCUT2D eigenvalue weighted by atomic mass is 16.7. The number of carbonyl (C=O) groups excluding carboxylic acids is 1. The van der Waals surface area contributed by atoms with E-state index in [2.05, 4.69) is 5.48 Å². The fraction of sp³-hybridized carbons (Fsp3) is 0.923. The Kier molecular flexibility index (Phi) is 3.73. The summed E-state index contributed by atoms with van der Waals surface area (Å²) in [6, 6.07) is 0. The number of rotatable bonds is 1. The zero-order valence-electron chi connectivity index (χ0n) is 11.0. The number of ether oxygens (including phenoxy) is 1. The van der Waals surface area contributed by atoms with Crippen LogP contribution < -0.4 is 5.48 Å². The summed E-state index contributed by atoms with van der Waals surface area (Å²) in [4.78, 5) is 17.5. The standard InChI is InChI=1S/C13H23NO3/c1-13(2,3)16-12(15)9-5-4-6-10-8-14-17-11(10)7-9/h9-11,14H,4-8H2,1-3H3. The molecule has 1 heterocycles. The number of hydrogen-bond donors (Lipinski definition) is 1. The van der Waals surface area contributed by atoms with Gasteiger partial charge >= 0.3 is 5.97 Å². The van der Waals surface area contributed by atoms with Crippen LogP contribution in [0.15, 0.2) is 0 Å². The van der Waals surface area contributed by atoms with Crippen LogP contribution in [-0.2, 0) is 14.4 Å². The molecule has 0 radical (unpaired) electrons. The van der Waals surface area contributed by atoms with Crippen LogP contribution in [0.2, 0.25) is 0 Å². The molecule has 4 heteroatoms. The van der Waals surface area contributed by atoms with E-state index >= 15 is 0 Å². The van der Waals surface area contributed by atoms with Gasteiger partial charge in [-0.3, -0.25) is 9.63 Å². The summed E-state index contributed by atoms with van der Waals surface area (Å²) in [5.74, 6) is 0.514. The van der Waals surface area contributed by atoms with E-state index in [1.807, 2.05) is 20.8 Å². The molecule has 0 aromatic heterocycles. The van der Waals surface area contributed by atoms with Crippen molar-refractivity contribution in [2.75, 3.05) is 6.54 Å². The number of nitrogens with one attached hydrogen (secondary N) is 1. The van der Waals surface area contributed by atoms with Gasteiger partial charge in [-0.1, -0.05) is 6.42 Å². The number of fused-ring (bicyclic) bond motifs is 1. The van der Waals surface area contributed by atoms with Gasteiger partial charge in [0.1, 0.15) is 5.60 Å². The molecular formula is C13H23NO3. The van der Waals surface area contributed by atoms with Gasteiger partial charge in [-0.15, -0.1) is 0 Å². The van der Waals surface area contributed by atoms with Crippen LogP contribution in [-0.4, -0.2) is 24.2 Å². The molecule has 2 rings (SSSR count). The predicted octanol–water partition coefficient (Wildman–Crippen LogP) is 2.04. The average molecular weight is 241 g/mol. The maximum Gasteiger partial charge on any atom is 0.309 e. The lowest BCUT2D eigenvalue weighted by Crippen LogP contribution is -2.30. The van der Waals surface area contributed by atoms with Gasteiger partial charge in [-0.2, -0.15) is 0 Å². The maximum absolute atomic E-state index is 12.1. The number of hydroxylamine groups is 1. The minimum atomic E-state index is -0.391. The largest absolute Gasteiger partial charge is 0.460 e. The van der Waals surface area contributed by atoms with Crippen LogP contribution in [0, 0.1) is 11.8 Å². The molecule has 1 saturated heterocycles. The lowest BCUT2D eigenvalue weighted by Gasteiger charge is -2.24. The maximum atomic E-state index is 12.1. The van der Waals surface area contributed by atoms with Crippen molar-refractivity contribution in [3.63, 3.8) is 0 Å². The number of carbonyl (C=O) groups is 1. The Hall–Kier alpha value is -0.610. The first-order valence-electron chi connectivity index (χ1n) is 6.57. The Morgan fingerprint density at radius 2 is 2.12 bits per heavy atom. The van der Waals surface area contributed by atoms with Crippen LogP contribution in [0.4, 0.5) is 0 Å². The summed E-state index contributed by atoms with van der Waals surface area (Å²) in [6.45, 7) is 6.67. The first-order chi connectivity index (χ1) is 7.96. The SMILES string of the molecule is CC(C)(C)OC(=O)C1CCCC2CNOC2C1. The Bertz CT molecular complexity index is 285. The number of hydrogen-bond acceptors (Lipinski definition) is 4. The van der Waals surface area contributed by atoms with Crippen LogP contribution in [0.1, 0.15) is 46.5 Å². The van der Waals surface area contributed by atoms with Crippen LogP contribution in [0.3, 0.4) is 0 Å². The quantitative estimate of drug-likeness (QED) is 0.714.